The molecule has 0 radical (unpaired) electrons. The van der Waals surface area contributed by atoms with Gasteiger partial charge in [-0.2, -0.15) is 13.2 Å². The van der Waals surface area contributed by atoms with Crippen LogP contribution in [-0.4, -0.2) is 55.3 Å². The van der Waals surface area contributed by atoms with E-state index in [0.717, 1.165) is 23.9 Å². The molecule has 0 heterocycles. The number of methoxy groups -OCH3 is 1. The molecule has 0 aliphatic heterocycles. The molecule has 51 heavy (non-hydrogen) atoms. The molecule has 3 aromatic carbocycles. The Hall–Kier alpha value is -5.73. The van der Waals surface area contributed by atoms with Gasteiger partial charge in [0, 0.05) is 5.69 Å². The predicted molar refractivity (Wildman–Crippen MR) is 185 cm³/mol. The number of rotatable bonds is 14. The Balaban J connectivity index is 0.000000387. The number of carbonyl (C=O) groups is 6. The van der Waals surface area contributed by atoms with E-state index in [9.17, 15) is 41.9 Å². The van der Waals surface area contributed by atoms with Crippen molar-refractivity contribution in [2.24, 2.45) is 0 Å². The second-order valence-electron chi connectivity index (χ2n) is 10.7. The van der Waals surface area contributed by atoms with E-state index in [4.69, 9.17) is 19.9 Å². The van der Waals surface area contributed by atoms with Crippen LogP contribution >= 0.6 is 0 Å². The molecule has 0 bridgehead atoms. The Kier molecular flexibility index (Phi) is 18.1. The lowest BCUT2D eigenvalue weighted by Gasteiger charge is -2.14. The highest BCUT2D eigenvalue weighted by atomic mass is 19.4. The summed E-state index contributed by atoms with van der Waals surface area (Å²) < 4.78 is 53.1. The Morgan fingerprint density at radius 1 is 0.725 bits per heavy atom. The number of nitrogens with one attached hydrogen (secondary N) is 2. The molecule has 0 saturated carbocycles. The zero-order valence-electron chi connectivity index (χ0n) is 29.2. The average molecular weight is 718 g/mol. The number of halogens is 3. The summed E-state index contributed by atoms with van der Waals surface area (Å²) in [4.78, 5) is 66.8. The van der Waals surface area contributed by atoms with Crippen molar-refractivity contribution in [3.63, 3.8) is 0 Å². The van der Waals surface area contributed by atoms with Gasteiger partial charge >= 0.3 is 6.18 Å². The molecule has 0 aliphatic carbocycles. The van der Waals surface area contributed by atoms with E-state index >= 15 is 0 Å². The van der Waals surface area contributed by atoms with Gasteiger partial charge in [-0.3, -0.25) is 28.8 Å². The molecule has 0 atom stereocenters. The molecule has 0 spiro atoms. The molecule has 0 aliphatic rings. The van der Waals surface area contributed by atoms with Crippen molar-refractivity contribution in [1.82, 2.24) is 0 Å². The number of amides is 2. The number of ether oxygens (including phenoxy) is 3. The molecule has 0 fully saturated rings. The van der Waals surface area contributed by atoms with Gasteiger partial charge in [0.1, 0.15) is 28.8 Å². The zero-order valence-corrected chi connectivity index (χ0v) is 29.2. The highest BCUT2D eigenvalue weighted by molar-refractivity contribution is 6.09. The lowest BCUT2D eigenvalue weighted by molar-refractivity contribution is -0.137. The highest BCUT2D eigenvalue weighted by Crippen LogP contribution is 2.35. The Bertz CT molecular complexity index is 1670. The molecule has 0 aromatic heterocycles. The van der Waals surface area contributed by atoms with Crippen LogP contribution in [0.25, 0.3) is 0 Å². The number of para-hydroxylation sites is 1. The number of alkyl halides is 3. The first-order valence-electron chi connectivity index (χ1n) is 15.5. The van der Waals surface area contributed by atoms with E-state index in [0.29, 0.717) is 29.3 Å². The fourth-order valence-corrected chi connectivity index (χ4v) is 4.00. The van der Waals surface area contributed by atoms with Crippen LogP contribution in [0.1, 0.15) is 69.8 Å². The maximum Gasteiger partial charge on any atom is 0.416 e. The number of nitrogen functional groups attached to an aromatic ring is 1. The first-order valence-corrected chi connectivity index (χ1v) is 15.5. The minimum Gasteiger partial charge on any atom is -0.497 e. The maximum atomic E-state index is 12.6. The number of nitrogens with two attached hydrogens (primary N) is 1. The van der Waals surface area contributed by atoms with Crippen molar-refractivity contribution in [2.75, 3.05) is 36.7 Å². The van der Waals surface area contributed by atoms with E-state index in [1.165, 1.54) is 20.8 Å². The standard InChI is InChI=1S/C13H14F3NO3.C12H15NO3.C11H13NO3/c1-3-20-11-7-9(13(14,15)16)4-5-10(11)17-12(19)6-8(2)18;1-3-16-12-9(5-4-6-10(12)13)11(15)7-8(2)14;1-8(13)7-11(14)12-9-3-5-10(15-2)6-4-9/h4-5,7H,3,6H2,1-2H3,(H,17,19);4-6H,3,7,13H2,1-2H3;3-6H,7H2,1-2H3,(H,12,14). The molecule has 12 nitrogen and oxygen atoms in total. The Labute approximate surface area is 293 Å². The van der Waals surface area contributed by atoms with Crippen LogP contribution in [0.5, 0.6) is 17.2 Å². The number of Topliss-reactive ketones (excluding diaryl/α,β-unsaturated/α-hetero) is 4. The summed E-state index contributed by atoms with van der Waals surface area (Å²) in [6, 6.07) is 14.6. The molecule has 0 saturated heterocycles. The number of ketones is 4. The average Bonchev–Trinajstić information content (AvgIpc) is 3.02. The lowest BCUT2D eigenvalue weighted by Crippen LogP contribution is -2.16. The molecular formula is C36H42F3N3O9. The fourth-order valence-electron chi connectivity index (χ4n) is 4.00. The third kappa shape index (κ3) is 16.5. The molecule has 0 unspecified atom stereocenters. The summed E-state index contributed by atoms with van der Waals surface area (Å²) in [7, 11) is 1.57. The van der Waals surface area contributed by atoms with Crippen LogP contribution in [-0.2, 0) is 30.1 Å². The largest absolute Gasteiger partial charge is 0.497 e. The monoisotopic (exact) mass is 717 g/mol. The van der Waals surface area contributed by atoms with E-state index in [1.807, 2.05) is 6.92 Å². The topological polar surface area (TPSA) is 180 Å². The second kappa shape index (κ2) is 21.4. The van der Waals surface area contributed by atoms with Gasteiger partial charge in [0.15, 0.2) is 11.5 Å². The van der Waals surface area contributed by atoms with Crippen molar-refractivity contribution < 1.29 is 56.1 Å². The number of carbonyl (C=O) groups excluding carboxylic acids is 6. The Morgan fingerprint density at radius 2 is 1.27 bits per heavy atom. The third-order valence-electron chi connectivity index (χ3n) is 6.12. The van der Waals surface area contributed by atoms with Crippen molar-refractivity contribution in [3.05, 3.63) is 71.8 Å². The van der Waals surface area contributed by atoms with E-state index in [1.54, 1.807) is 56.5 Å². The summed E-state index contributed by atoms with van der Waals surface area (Å²) in [5.41, 5.74) is 6.39. The van der Waals surface area contributed by atoms with Gasteiger partial charge in [0.25, 0.3) is 0 Å². The minimum atomic E-state index is -4.49. The highest BCUT2D eigenvalue weighted by Gasteiger charge is 2.31. The summed E-state index contributed by atoms with van der Waals surface area (Å²) in [6.45, 7) is 8.01. The SMILES string of the molecule is CCOc1c(N)cccc1C(=O)CC(C)=O.CCOc1cc(C(F)(F)F)ccc1NC(=O)CC(C)=O.COc1ccc(NC(=O)CC(C)=O)cc1. The van der Waals surface area contributed by atoms with Crippen LogP contribution in [0.4, 0.5) is 30.2 Å². The van der Waals surface area contributed by atoms with Crippen molar-refractivity contribution >= 4 is 52.0 Å². The van der Waals surface area contributed by atoms with Crippen LogP contribution < -0.4 is 30.6 Å². The van der Waals surface area contributed by atoms with Crippen LogP contribution in [0.3, 0.4) is 0 Å². The summed E-state index contributed by atoms with van der Waals surface area (Å²) in [6.07, 6.45) is -5.05. The first kappa shape index (κ1) is 43.3. The van der Waals surface area contributed by atoms with Gasteiger partial charge < -0.3 is 30.6 Å². The molecule has 3 aromatic rings. The second-order valence-corrected chi connectivity index (χ2v) is 10.7. The smallest absolute Gasteiger partial charge is 0.416 e. The normalized spacial score (nSPS) is 10.2. The van der Waals surface area contributed by atoms with Crippen LogP contribution in [0.2, 0.25) is 0 Å². The van der Waals surface area contributed by atoms with Crippen molar-refractivity contribution in [1.29, 1.82) is 0 Å². The number of hydrogen-bond acceptors (Lipinski definition) is 10. The van der Waals surface area contributed by atoms with E-state index in [2.05, 4.69) is 10.6 Å². The molecular weight excluding hydrogens is 675 g/mol. The predicted octanol–water partition coefficient (Wildman–Crippen LogP) is 6.46. The van der Waals surface area contributed by atoms with E-state index in [-0.39, 0.29) is 66.3 Å². The molecule has 2 amide bonds. The molecule has 15 heteroatoms. The molecule has 276 valence electrons. The maximum absolute atomic E-state index is 12.6. The fraction of sp³-hybridized carbons (Fsp3) is 0.333. The molecule has 4 N–H and O–H groups in total. The molecule has 3 rings (SSSR count). The van der Waals surface area contributed by atoms with Gasteiger partial charge in [-0.15, -0.1) is 0 Å². The summed E-state index contributed by atoms with van der Waals surface area (Å²) in [5, 5.41) is 4.96. The van der Waals surface area contributed by atoms with Crippen LogP contribution in [0.15, 0.2) is 60.7 Å². The van der Waals surface area contributed by atoms with Gasteiger partial charge in [0.05, 0.1) is 62.1 Å². The third-order valence-corrected chi connectivity index (χ3v) is 6.12. The Morgan fingerprint density at radius 3 is 1.76 bits per heavy atom. The number of hydrogen-bond donors (Lipinski definition) is 3. The lowest BCUT2D eigenvalue weighted by atomic mass is 10.0. The first-order chi connectivity index (χ1) is 23.9. The minimum absolute atomic E-state index is 0.0840. The zero-order chi connectivity index (χ0) is 38.7. The van der Waals surface area contributed by atoms with Gasteiger partial charge in [-0.25, -0.2) is 0 Å². The van der Waals surface area contributed by atoms with Gasteiger partial charge in [0.2, 0.25) is 11.8 Å². The number of benzene rings is 3. The van der Waals surface area contributed by atoms with Gasteiger partial charge in [-0.05, 0) is 89.2 Å². The number of anilines is 3. The summed E-state index contributed by atoms with van der Waals surface area (Å²) >= 11 is 0. The van der Waals surface area contributed by atoms with Gasteiger partial charge in [-0.1, -0.05) is 6.07 Å². The summed E-state index contributed by atoms with van der Waals surface area (Å²) in [5.74, 6) is -0.813. The van der Waals surface area contributed by atoms with Crippen LogP contribution in [0, 0.1) is 0 Å². The quantitative estimate of drug-likeness (QED) is 0.0951. The van der Waals surface area contributed by atoms with Crippen molar-refractivity contribution in [3.8, 4) is 17.2 Å². The van der Waals surface area contributed by atoms with E-state index < -0.39 is 17.6 Å². The van der Waals surface area contributed by atoms with Crippen molar-refractivity contribution in [2.45, 2.75) is 60.1 Å².